The molecule has 5 heteroatoms. The van der Waals surface area contributed by atoms with Gasteiger partial charge >= 0.3 is 0 Å². The molecule has 3 rings (SSSR count). The maximum atomic E-state index is 12.8. The molecule has 1 atom stereocenters. The average molecular weight is 335 g/mol. The number of rotatable bonds is 5. The first-order chi connectivity index (χ1) is 11.8. The molecule has 1 unspecified atom stereocenters. The average Bonchev–Trinajstić information content (AvgIpc) is 3.12. The van der Waals surface area contributed by atoms with E-state index in [0.29, 0.717) is 6.54 Å². The van der Waals surface area contributed by atoms with Crippen LogP contribution in [0.4, 0.5) is 0 Å². The molecule has 2 heterocycles. The lowest BCUT2D eigenvalue weighted by atomic mass is 9.88. The number of carbonyl (C=O) groups is 2. The lowest BCUT2D eigenvalue weighted by molar-refractivity contribution is -0.142. The third kappa shape index (κ3) is 4.50. The summed E-state index contributed by atoms with van der Waals surface area (Å²) in [5.41, 5.74) is 0. The van der Waals surface area contributed by atoms with Crippen LogP contribution in [0.2, 0.25) is 0 Å². The molecule has 1 saturated carbocycles. The quantitative estimate of drug-likeness (QED) is 0.838. The number of piperidine rings is 1. The standard InChI is InChI=1S/C19H33N3O2/c23-18(20-11-15-21-12-5-2-6-13-21)17-10-7-14-22(17)19(24)16-8-3-1-4-9-16/h16-17H,1-15H2,(H,20,23). The van der Waals surface area contributed by atoms with Gasteiger partial charge in [-0.25, -0.2) is 0 Å². The summed E-state index contributed by atoms with van der Waals surface area (Å²) in [6.07, 6.45) is 11.3. The van der Waals surface area contributed by atoms with Crippen molar-refractivity contribution in [3.8, 4) is 0 Å². The highest BCUT2D eigenvalue weighted by Gasteiger charge is 2.37. The number of nitrogens with one attached hydrogen (secondary N) is 1. The van der Waals surface area contributed by atoms with E-state index in [1.54, 1.807) is 0 Å². The predicted octanol–water partition coefficient (Wildman–Crippen LogP) is 2.16. The minimum atomic E-state index is -0.221. The zero-order chi connectivity index (χ0) is 16.8. The van der Waals surface area contributed by atoms with E-state index >= 15 is 0 Å². The van der Waals surface area contributed by atoms with E-state index in [4.69, 9.17) is 0 Å². The van der Waals surface area contributed by atoms with Gasteiger partial charge in [-0.1, -0.05) is 25.7 Å². The highest BCUT2D eigenvalue weighted by molar-refractivity contribution is 5.89. The Kier molecular flexibility index (Phi) is 6.52. The third-order valence-corrected chi connectivity index (χ3v) is 5.97. The molecule has 1 N–H and O–H groups in total. The maximum Gasteiger partial charge on any atom is 0.242 e. The van der Waals surface area contributed by atoms with E-state index in [-0.39, 0.29) is 23.8 Å². The number of amides is 2. The van der Waals surface area contributed by atoms with Crippen molar-refractivity contribution >= 4 is 11.8 Å². The fourth-order valence-corrected chi connectivity index (χ4v) is 4.53. The largest absolute Gasteiger partial charge is 0.353 e. The molecule has 0 aromatic carbocycles. The van der Waals surface area contributed by atoms with E-state index < -0.39 is 0 Å². The summed E-state index contributed by atoms with van der Waals surface area (Å²) in [5.74, 6) is 0.470. The summed E-state index contributed by atoms with van der Waals surface area (Å²) in [6, 6.07) is -0.221. The molecular weight excluding hydrogens is 302 g/mol. The van der Waals surface area contributed by atoms with Crippen molar-refractivity contribution in [1.29, 1.82) is 0 Å². The summed E-state index contributed by atoms with van der Waals surface area (Å²) >= 11 is 0. The molecule has 0 aromatic rings. The van der Waals surface area contributed by atoms with Crippen LogP contribution < -0.4 is 5.32 Å². The SMILES string of the molecule is O=C(NCCN1CCCCC1)C1CCCN1C(=O)C1CCCCC1. The van der Waals surface area contributed by atoms with Gasteiger partial charge in [0.15, 0.2) is 0 Å². The molecule has 3 aliphatic rings. The Morgan fingerprint density at radius 3 is 2.29 bits per heavy atom. The molecule has 0 spiro atoms. The van der Waals surface area contributed by atoms with Crippen molar-refractivity contribution in [2.75, 3.05) is 32.7 Å². The molecule has 5 nitrogen and oxygen atoms in total. The zero-order valence-corrected chi connectivity index (χ0v) is 15.0. The Bertz CT molecular complexity index is 428. The van der Waals surface area contributed by atoms with Crippen LogP contribution in [-0.4, -0.2) is 60.4 Å². The van der Waals surface area contributed by atoms with E-state index in [2.05, 4.69) is 10.2 Å². The number of likely N-dealkylation sites (tertiary alicyclic amines) is 2. The van der Waals surface area contributed by atoms with Crippen LogP contribution in [0, 0.1) is 5.92 Å². The monoisotopic (exact) mass is 335 g/mol. The number of hydrogen-bond donors (Lipinski definition) is 1. The highest BCUT2D eigenvalue weighted by atomic mass is 16.2. The lowest BCUT2D eigenvalue weighted by Gasteiger charge is -2.30. The molecule has 2 saturated heterocycles. The van der Waals surface area contributed by atoms with Crippen LogP contribution >= 0.6 is 0 Å². The normalized spacial score (nSPS) is 26.5. The summed E-state index contributed by atoms with van der Waals surface area (Å²) < 4.78 is 0. The van der Waals surface area contributed by atoms with Crippen molar-refractivity contribution in [3.63, 3.8) is 0 Å². The smallest absolute Gasteiger partial charge is 0.242 e. The van der Waals surface area contributed by atoms with E-state index in [9.17, 15) is 9.59 Å². The molecule has 0 bridgehead atoms. The van der Waals surface area contributed by atoms with Crippen LogP contribution in [0.1, 0.15) is 64.2 Å². The number of carbonyl (C=O) groups excluding carboxylic acids is 2. The van der Waals surface area contributed by atoms with Crippen LogP contribution in [0.25, 0.3) is 0 Å². The second-order valence-electron chi connectivity index (χ2n) is 7.72. The van der Waals surface area contributed by atoms with Gasteiger partial charge in [0.05, 0.1) is 0 Å². The summed E-state index contributed by atoms with van der Waals surface area (Å²) in [4.78, 5) is 29.7. The molecule has 1 aliphatic carbocycles. The molecule has 0 aromatic heterocycles. The van der Waals surface area contributed by atoms with Crippen molar-refractivity contribution in [3.05, 3.63) is 0 Å². The number of hydrogen-bond acceptors (Lipinski definition) is 3. The van der Waals surface area contributed by atoms with Gasteiger partial charge in [0.1, 0.15) is 6.04 Å². The Labute approximate surface area is 146 Å². The predicted molar refractivity (Wildman–Crippen MR) is 94.6 cm³/mol. The Morgan fingerprint density at radius 2 is 1.54 bits per heavy atom. The minimum Gasteiger partial charge on any atom is -0.353 e. The lowest BCUT2D eigenvalue weighted by Crippen LogP contribution is -2.49. The van der Waals surface area contributed by atoms with Gasteiger partial charge in [0, 0.05) is 25.6 Å². The first-order valence-electron chi connectivity index (χ1n) is 10.1. The Hall–Kier alpha value is -1.10. The van der Waals surface area contributed by atoms with Crippen molar-refractivity contribution in [1.82, 2.24) is 15.1 Å². The van der Waals surface area contributed by atoms with Gasteiger partial charge in [-0.2, -0.15) is 0 Å². The van der Waals surface area contributed by atoms with Gasteiger partial charge in [-0.15, -0.1) is 0 Å². The molecule has 2 amide bonds. The van der Waals surface area contributed by atoms with Gasteiger partial charge in [0.25, 0.3) is 0 Å². The Morgan fingerprint density at radius 1 is 0.833 bits per heavy atom. The van der Waals surface area contributed by atoms with Gasteiger partial charge < -0.3 is 15.1 Å². The fraction of sp³-hybridized carbons (Fsp3) is 0.895. The summed E-state index contributed by atoms with van der Waals surface area (Å²) in [5, 5.41) is 3.09. The molecule has 2 aliphatic heterocycles. The molecule has 136 valence electrons. The first kappa shape index (κ1) is 17.7. The second-order valence-corrected chi connectivity index (χ2v) is 7.72. The first-order valence-corrected chi connectivity index (χ1v) is 10.1. The van der Waals surface area contributed by atoms with Crippen molar-refractivity contribution in [2.45, 2.75) is 70.3 Å². The van der Waals surface area contributed by atoms with Gasteiger partial charge in [0.2, 0.25) is 11.8 Å². The number of nitrogens with zero attached hydrogens (tertiary/aromatic N) is 2. The van der Waals surface area contributed by atoms with Crippen LogP contribution in [-0.2, 0) is 9.59 Å². The highest BCUT2D eigenvalue weighted by Crippen LogP contribution is 2.28. The third-order valence-electron chi connectivity index (χ3n) is 5.97. The topological polar surface area (TPSA) is 52.7 Å². The van der Waals surface area contributed by atoms with E-state index in [1.807, 2.05) is 4.90 Å². The van der Waals surface area contributed by atoms with E-state index in [0.717, 1.165) is 64.7 Å². The van der Waals surface area contributed by atoms with Crippen LogP contribution in [0.15, 0.2) is 0 Å². The molecular formula is C19H33N3O2. The van der Waals surface area contributed by atoms with Gasteiger partial charge in [-0.05, 0) is 51.6 Å². The van der Waals surface area contributed by atoms with E-state index in [1.165, 1.54) is 25.7 Å². The minimum absolute atomic E-state index is 0.0636. The fourth-order valence-electron chi connectivity index (χ4n) is 4.53. The van der Waals surface area contributed by atoms with Crippen LogP contribution in [0.3, 0.4) is 0 Å². The molecule has 0 radical (unpaired) electrons. The zero-order valence-electron chi connectivity index (χ0n) is 15.0. The Balaban J connectivity index is 1.45. The van der Waals surface area contributed by atoms with Crippen molar-refractivity contribution in [2.24, 2.45) is 5.92 Å². The molecule has 3 fully saturated rings. The summed E-state index contributed by atoms with van der Waals surface area (Å²) in [6.45, 7) is 4.73. The maximum absolute atomic E-state index is 12.8. The van der Waals surface area contributed by atoms with Gasteiger partial charge in [-0.3, -0.25) is 9.59 Å². The van der Waals surface area contributed by atoms with Crippen LogP contribution in [0.5, 0.6) is 0 Å². The molecule has 24 heavy (non-hydrogen) atoms. The second kappa shape index (κ2) is 8.84. The summed E-state index contributed by atoms with van der Waals surface area (Å²) in [7, 11) is 0. The van der Waals surface area contributed by atoms with Crippen molar-refractivity contribution < 1.29 is 9.59 Å².